The van der Waals surface area contributed by atoms with Gasteiger partial charge in [-0.3, -0.25) is 4.79 Å². The summed E-state index contributed by atoms with van der Waals surface area (Å²) >= 11 is 6.01. The van der Waals surface area contributed by atoms with E-state index in [-0.39, 0.29) is 11.4 Å². The number of hydrogen-bond acceptors (Lipinski definition) is 2. The maximum Gasteiger partial charge on any atom is 0.252 e. The zero-order valence-electron chi connectivity index (χ0n) is 13.4. The lowest BCUT2D eigenvalue weighted by Crippen LogP contribution is -2.54. The van der Waals surface area contributed by atoms with Crippen LogP contribution in [0.2, 0.25) is 5.02 Å². The average Bonchev–Trinajstić information content (AvgIpc) is 2.41. The highest BCUT2D eigenvalue weighted by Gasteiger charge is 2.32. The van der Waals surface area contributed by atoms with E-state index in [0.29, 0.717) is 16.6 Å². The van der Waals surface area contributed by atoms with Crippen molar-refractivity contribution in [2.24, 2.45) is 0 Å². The molecule has 3 nitrogen and oxygen atoms in total. The Morgan fingerprint density at radius 2 is 1.95 bits per heavy atom. The minimum Gasteiger partial charge on any atom is -0.347 e. The molecular weight excluding hydrogens is 284 g/mol. The molecule has 0 spiro atoms. The fraction of sp³-hybridized carbons (Fsp3) is 0.588. The molecule has 1 amide bonds. The first-order chi connectivity index (χ1) is 9.81. The second kappa shape index (κ2) is 6.37. The van der Waals surface area contributed by atoms with Gasteiger partial charge < -0.3 is 10.2 Å². The highest BCUT2D eigenvalue weighted by molar-refractivity contribution is 6.31. The van der Waals surface area contributed by atoms with Crippen molar-refractivity contribution in [3.8, 4) is 0 Å². The molecule has 1 aromatic carbocycles. The number of nitrogens with zero attached hydrogens (tertiary/aromatic N) is 1. The Morgan fingerprint density at radius 1 is 1.33 bits per heavy atom. The molecule has 0 radical (unpaired) electrons. The van der Waals surface area contributed by atoms with E-state index < -0.39 is 0 Å². The number of aryl methyl sites for hydroxylation is 1. The van der Waals surface area contributed by atoms with Gasteiger partial charge in [0.05, 0.1) is 0 Å². The zero-order valence-corrected chi connectivity index (χ0v) is 14.1. The van der Waals surface area contributed by atoms with E-state index in [1.54, 1.807) is 6.07 Å². The third-order valence-electron chi connectivity index (χ3n) is 4.49. The van der Waals surface area contributed by atoms with E-state index in [0.717, 1.165) is 31.5 Å². The normalized spacial score (nSPS) is 18.8. The molecule has 0 atom stereocenters. The standard InChI is InChI=1S/C17H25ClN2O/c1-12(2)20-9-7-17(4,8-10-20)19-16(21)15-11-14(18)6-5-13(15)3/h5-6,11-12H,7-10H2,1-4H3,(H,19,21). The third-order valence-corrected chi connectivity index (χ3v) is 4.73. The smallest absolute Gasteiger partial charge is 0.252 e. The minimum atomic E-state index is -0.128. The Hall–Kier alpha value is -1.06. The summed E-state index contributed by atoms with van der Waals surface area (Å²) in [5.74, 6) is -0.0181. The molecule has 1 N–H and O–H groups in total. The van der Waals surface area contributed by atoms with Gasteiger partial charge in [-0.15, -0.1) is 0 Å². The van der Waals surface area contributed by atoms with Crippen molar-refractivity contribution in [3.05, 3.63) is 34.3 Å². The summed E-state index contributed by atoms with van der Waals surface area (Å²) in [7, 11) is 0. The van der Waals surface area contributed by atoms with E-state index in [4.69, 9.17) is 11.6 Å². The summed E-state index contributed by atoms with van der Waals surface area (Å²) in [5, 5.41) is 3.82. The number of carbonyl (C=O) groups is 1. The topological polar surface area (TPSA) is 32.3 Å². The number of piperidine rings is 1. The molecule has 4 heteroatoms. The van der Waals surface area contributed by atoms with Gasteiger partial charge in [0, 0.05) is 35.3 Å². The van der Waals surface area contributed by atoms with Gasteiger partial charge in [0.2, 0.25) is 0 Å². The summed E-state index contributed by atoms with van der Waals surface area (Å²) in [6.07, 6.45) is 1.97. The van der Waals surface area contributed by atoms with Crippen LogP contribution in [0.25, 0.3) is 0 Å². The Bertz CT molecular complexity index is 520. The molecule has 1 heterocycles. The molecule has 21 heavy (non-hydrogen) atoms. The van der Waals surface area contributed by atoms with Gasteiger partial charge in [0.15, 0.2) is 0 Å². The lowest BCUT2D eigenvalue weighted by molar-refractivity contribution is 0.0801. The number of amides is 1. The van der Waals surface area contributed by atoms with Gasteiger partial charge in [0.1, 0.15) is 0 Å². The second-order valence-corrected chi connectivity index (χ2v) is 7.04. The van der Waals surface area contributed by atoms with Gasteiger partial charge in [-0.1, -0.05) is 17.7 Å². The van der Waals surface area contributed by atoms with Crippen LogP contribution >= 0.6 is 11.6 Å². The van der Waals surface area contributed by atoms with Crippen LogP contribution in [0, 0.1) is 6.92 Å². The number of rotatable bonds is 3. The van der Waals surface area contributed by atoms with E-state index in [9.17, 15) is 4.79 Å². The van der Waals surface area contributed by atoms with Gasteiger partial charge >= 0.3 is 0 Å². The summed E-state index contributed by atoms with van der Waals surface area (Å²) in [6, 6.07) is 6.02. The monoisotopic (exact) mass is 308 g/mol. The zero-order chi connectivity index (χ0) is 15.6. The Kier molecular flexibility index (Phi) is 4.95. The van der Waals surface area contributed by atoms with Crippen molar-refractivity contribution in [1.29, 1.82) is 0 Å². The van der Waals surface area contributed by atoms with E-state index in [1.165, 1.54) is 0 Å². The molecule has 0 bridgehead atoms. The second-order valence-electron chi connectivity index (χ2n) is 6.60. The lowest BCUT2D eigenvalue weighted by atomic mass is 9.88. The minimum absolute atomic E-state index is 0.0181. The van der Waals surface area contributed by atoms with Crippen LogP contribution in [0.15, 0.2) is 18.2 Å². The number of likely N-dealkylation sites (tertiary alicyclic amines) is 1. The molecule has 1 aliphatic rings. The van der Waals surface area contributed by atoms with Crippen molar-refractivity contribution >= 4 is 17.5 Å². The molecule has 1 aliphatic heterocycles. The number of carbonyl (C=O) groups excluding carboxylic acids is 1. The molecule has 1 saturated heterocycles. The van der Waals surface area contributed by atoms with Crippen LogP contribution in [-0.4, -0.2) is 35.5 Å². The van der Waals surface area contributed by atoms with Crippen molar-refractivity contribution in [3.63, 3.8) is 0 Å². The van der Waals surface area contributed by atoms with Crippen LogP contribution < -0.4 is 5.32 Å². The summed E-state index contributed by atoms with van der Waals surface area (Å²) in [5.41, 5.74) is 1.51. The highest BCUT2D eigenvalue weighted by atomic mass is 35.5. The first kappa shape index (κ1) is 16.3. The summed E-state index contributed by atoms with van der Waals surface area (Å²) in [6.45, 7) is 10.6. The average molecular weight is 309 g/mol. The molecule has 0 saturated carbocycles. The molecule has 0 aliphatic carbocycles. The first-order valence-corrected chi connectivity index (χ1v) is 8.01. The molecule has 116 valence electrons. The number of nitrogens with one attached hydrogen (secondary N) is 1. The van der Waals surface area contributed by atoms with E-state index >= 15 is 0 Å². The number of hydrogen-bond donors (Lipinski definition) is 1. The number of halogens is 1. The maximum atomic E-state index is 12.5. The summed E-state index contributed by atoms with van der Waals surface area (Å²) in [4.78, 5) is 15.0. The van der Waals surface area contributed by atoms with Crippen LogP contribution in [0.4, 0.5) is 0 Å². The van der Waals surface area contributed by atoms with Crippen LogP contribution in [-0.2, 0) is 0 Å². The molecule has 1 fully saturated rings. The number of benzene rings is 1. The molecule has 1 aromatic rings. The Balaban J connectivity index is 2.04. The van der Waals surface area contributed by atoms with Crippen molar-refractivity contribution < 1.29 is 4.79 Å². The fourth-order valence-corrected chi connectivity index (χ4v) is 3.01. The van der Waals surface area contributed by atoms with Crippen molar-refractivity contribution in [2.45, 2.75) is 52.1 Å². The van der Waals surface area contributed by atoms with Crippen LogP contribution in [0.1, 0.15) is 49.5 Å². The first-order valence-electron chi connectivity index (χ1n) is 7.63. The Labute approximate surface area is 132 Å². The van der Waals surface area contributed by atoms with E-state index in [2.05, 4.69) is 31.0 Å². The van der Waals surface area contributed by atoms with Gasteiger partial charge in [-0.2, -0.15) is 0 Å². The highest BCUT2D eigenvalue weighted by Crippen LogP contribution is 2.24. The quantitative estimate of drug-likeness (QED) is 0.924. The molecular formula is C17H25ClN2O. The van der Waals surface area contributed by atoms with Gasteiger partial charge in [0.25, 0.3) is 5.91 Å². The van der Waals surface area contributed by atoms with Gasteiger partial charge in [-0.25, -0.2) is 0 Å². The molecule has 0 aromatic heterocycles. The Morgan fingerprint density at radius 3 is 2.52 bits per heavy atom. The largest absolute Gasteiger partial charge is 0.347 e. The summed E-state index contributed by atoms with van der Waals surface area (Å²) < 4.78 is 0. The maximum absolute atomic E-state index is 12.5. The predicted octanol–water partition coefficient (Wildman–Crippen LogP) is 3.64. The van der Waals surface area contributed by atoms with Crippen LogP contribution in [0.5, 0.6) is 0 Å². The molecule has 0 unspecified atom stereocenters. The molecule has 2 rings (SSSR count). The predicted molar refractivity (Wildman–Crippen MR) is 88.0 cm³/mol. The lowest BCUT2D eigenvalue weighted by Gasteiger charge is -2.41. The fourth-order valence-electron chi connectivity index (χ4n) is 2.84. The van der Waals surface area contributed by atoms with E-state index in [1.807, 2.05) is 19.1 Å². The van der Waals surface area contributed by atoms with Crippen molar-refractivity contribution in [1.82, 2.24) is 10.2 Å². The SMILES string of the molecule is Cc1ccc(Cl)cc1C(=O)NC1(C)CCN(C(C)C)CC1. The van der Waals surface area contributed by atoms with Gasteiger partial charge in [-0.05, 0) is 58.2 Å². The van der Waals surface area contributed by atoms with Crippen LogP contribution in [0.3, 0.4) is 0 Å². The third kappa shape index (κ3) is 3.98. The van der Waals surface area contributed by atoms with Crippen molar-refractivity contribution in [2.75, 3.05) is 13.1 Å².